The molecule has 0 aliphatic carbocycles. The van der Waals surface area contributed by atoms with Crippen LogP contribution >= 0.6 is 11.8 Å². The van der Waals surface area contributed by atoms with E-state index in [1.807, 2.05) is 30.3 Å². The molecule has 2 aromatic carbocycles. The van der Waals surface area contributed by atoms with E-state index in [1.54, 1.807) is 31.4 Å². The Bertz CT molecular complexity index is 959. The number of ether oxygens (including phenoxy) is 1. The Hall–Kier alpha value is -3.13. The van der Waals surface area contributed by atoms with Gasteiger partial charge in [0.2, 0.25) is 5.91 Å². The number of benzene rings is 2. The molecule has 1 heterocycles. The second-order valence-electron chi connectivity index (χ2n) is 5.63. The summed E-state index contributed by atoms with van der Waals surface area (Å²) < 4.78 is 5.07. The molecule has 138 valence electrons. The van der Waals surface area contributed by atoms with E-state index in [1.165, 1.54) is 0 Å². The fourth-order valence-corrected chi connectivity index (χ4v) is 2.92. The lowest BCUT2D eigenvalue weighted by Crippen LogP contribution is -2.19. The summed E-state index contributed by atoms with van der Waals surface area (Å²) in [6, 6.07) is 16.6. The molecule has 3 rings (SSSR count). The second-order valence-corrected chi connectivity index (χ2v) is 6.60. The Labute approximate surface area is 160 Å². The van der Waals surface area contributed by atoms with Gasteiger partial charge in [0.1, 0.15) is 11.4 Å². The van der Waals surface area contributed by atoms with E-state index < -0.39 is 0 Å². The number of H-pyrrole nitrogens is 1. The highest BCUT2D eigenvalue weighted by atomic mass is 32.2. The molecule has 0 radical (unpaired) electrons. The lowest BCUT2D eigenvalue weighted by atomic mass is 10.1. The predicted octanol–water partition coefficient (Wildman–Crippen LogP) is 2.50. The Balaban J connectivity index is 1.55. The topological polar surface area (TPSA) is 97.0 Å². The van der Waals surface area contributed by atoms with Crippen molar-refractivity contribution in [3.05, 3.63) is 76.2 Å². The Morgan fingerprint density at radius 2 is 1.85 bits per heavy atom. The SMILES string of the molecule is COc1ccc(NC(=O)CSc2nnc(Cc3ccccc3)c(=O)[nH]2)cc1. The highest BCUT2D eigenvalue weighted by molar-refractivity contribution is 7.99. The third-order valence-electron chi connectivity index (χ3n) is 3.67. The van der Waals surface area contributed by atoms with Crippen molar-refractivity contribution in [1.82, 2.24) is 15.2 Å². The lowest BCUT2D eigenvalue weighted by Gasteiger charge is -2.06. The number of carbonyl (C=O) groups excluding carboxylic acids is 1. The van der Waals surface area contributed by atoms with E-state index in [9.17, 15) is 9.59 Å². The third-order valence-corrected chi connectivity index (χ3v) is 4.54. The van der Waals surface area contributed by atoms with Crippen molar-refractivity contribution in [3.8, 4) is 5.75 Å². The number of anilines is 1. The molecule has 27 heavy (non-hydrogen) atoms. The van der Waals surface area contributed by atoms with E-state index in [2.05, 4.69) is 20.5 Å². The van der Waals surface area contributed by atoms with Gasteiger partial charge in [-0.25, -0.2) is 0 Å². The first-order valence-electron chi connectivity index (χ1n) is 8.20. The van der Waals surface area contributed by atoms with Gasteiger partial charge in [0.15, 0.2) is 5.16 Å². The number of thioether (sulfide) groups is 1. The van der Waals surface area contributed by atoms with Crippen LogP contribution in [0.3, 0.4) is 0 Å². The number of rotatable bonds is 7. The summed E-state index contributed by atoms with van der Waals surface area (Å²) in [7, 11) is 1.58. The molecule has 0 unspecified atom stereocenters. The Morgan fingerprint density at radius 1 is 1.11 bits per heavy atom. The summed E-state index contributed by atoms with van der Waals surface area (Å²) in [6.45, 7) is 0. The number of carbonyl (C=O) groups is 1. The standard InChI is InChI=1S/C19H18N4O3S/c1-26-15-9-7-14(8-10-15)20-17(24)12-27-19-21-18(25)16(22-23-19)11-13-5-3-2-4-6-13/h2-10H,11-12H2,1H3,(H,20,24)(H,21,23,25). The first kappa shape index (κ1) is 18.7. The Morgan fingerprint density at radius 3 is 2.52 bits per heavy atom. The van der Waals surface area contributed by atoms with E-state index >= 15 is 0 Å². The van der Waals surface area contributed by atoms with Gasteiger partial charge in [0, 0.05) is 12.1 Å². The molecule has 0 saturated carbocycles. The summed E-state index contributed by atoms with van der Waals surface area (Å²) >= 11 is 1.12. The summed E-state index contributed by atoms with van der Waals surface area (Å²) in [6.07, 6.45) is 0.409. The summed E-state index contributed by atoms with van der Waals surface area (Å²) in [5, 5.41) is 11.1. The molecule has 1 aromatic heterocycles. The smallest absolute Gasteiger partial charge is 0.273 e. The first-order valence-corrected chi connectivity index (χ1v) is 9.19. The normalized spacial score (nSPS) is 10.4. The van der Waals surface area contributed by atoms with Gasteiger partial charge in [0.25, 0.3) is 5.56 Å². The van der Waals surface area contributed by atoms with Crippen molar-refractivity contribution in [2.45, 2.75) is 11.6 Å². The number of aromatic amines is 1. The van der Waals surface area contributed by atoms with Gasteiger partial charge < -0.3 is 10.1 Å². The molecule has 2 N–H and O–H groups in total. The van der Waals surface area contributed by atoms with Crippen molar-refractivity contribution < 1.29 is 9.53 Å². The fourth-order valence-electron chi connectivity index (χ4n) is 2.32. The average molecular weight is 382 g/mol. The number of aromatic nitrogens is 3. The molecular weight excluding hydrogens is 364 g/mol. The summed E-state index contributed by atoms with van der Waals surface area (Å²) in [5.41, 5.74) is 1.69. The number of amides is 1. The maximum atomic E-state index is 12.2. The molecule has 8 heteroatoms. The van der Waals surface area contributed by atoms with E-state index in [4.69, 9.17) is 4.74 Å². The van der Waals surface area contributed by atoms with E-state index in [0.29, 0.717) is 28.7 Å². The highest BCUT2D eigenvalue weighted by Gasteiger charge is 2.09. The zero-order valence-corrected chi connectivity index (χ0v) is 15.5. The monoisotopic (exact) mass is 382 g/mol. The fraction of sp³-hybridized carbons (Fsp3) is 0.158. The molecule has 0 saturated heterocycles. The average Bonchev–Trinajstić information content (AvgIpc) is 2.70. The van der Waals surface area contributed by atoms with Crippen LogP contribution in [0.15, 0.2) is 64.5 Å². The molecule has 0 fully saturated rings. The second kappa shape index (κ2) is 9.00. The minimum absolute atomic E-state index is 0.106. The number of nitrogens with one attached hydrogen (secondary N) is 2. The minimum atomic E-state index is -0.299. The molecule has 0 atom stereocenters. The quantitative estimate of drug-likeness (QED) is 0.610. The van der Waals surface area contributed by atoms with E-state index in [0.717, 1.165) is 17.3 Å². The molecule has 0 aliphatic rings. The van der Waals surface area contributed by atoms with Crippen molar-refractivity contribution in [1.29, 1.82) is 0 Å². The maximum absolute atomic E-state index is 12.2. The van der Waals surface area contributed by atoms with Crippen molar-refractivity contribution in [3.63, 3.8) is 0 Å². The zero-order valence-electron chi connectivity index (χ0n) is 14.6. The highest BCUT2D eigenvalue weighted by Crippen LogP contribution is 2.16. The van der Waals surface area contributed by atoms with Gasteiger partial charge in [0.05, 0.1) is 12.9 Å². The van der Waals surface area contributed by atoms with Crippen LogP contribution < -0.4 is 15.6 Å². The molecule has 3 aromatic rings. The molecule has 7 nitrogen and oxygen atoms in total. The third kappa shape index (κ3) is 5.42. The maximum Gasteiger partial charge on any atom is 0.273 e. The molecule has 0 bridgehead atoms. The van der Waals surface area contributed by atoms with Crippen molar-refractivity contribution in [2.24, 2.45) is 0 Å². The van der Waals surface area contributed by atoms with Crippen LogP contribution in [0.4, 0.5) is 5.69 Å². The summed E-state index contributed by atoms with van der Waals surface area (Å²) in [5.74, 6) is 0.612. The molecule has 0 aliphatic heterocycles. The van der Waals surface area contributed by atoms with Gasteiger partial charge in [-0.3, -0.25) is 14.6 Å². The van der Waals surface area contributed by atoms with Crippen LogP contribution in [0.2, 0.25) is 0 Å². The van der Waals surface area contributed by atoms with Crippen LogP contribution in [-0.4, -0.2) is 34.0 Å². The van der Waals surface area contributed by atoms with Crippen molar-refractivity contribution in [2.75, 3.05) is 18.2 Å². The number of hydrogen-bond donors (Lipinski definition) is 2. The zero-order chi connectivity index (χ0) is 19.1. The van der Waals surface area contributed by atoms with Gasteiger partial charge in [-0.05, 0) is 29.8 Å². The van der Waals surface area contributed by atoms with E-state index in [-0.39, 0.29) is 17.2 Å². The van der Waals surface area contributed by atoms with Gasteiger partial charge in [-0.15, -0.1) is 10.2 Å². The largest absolute Gasteiger partial charge is 0.497 e. The molecular formula is C19H18N4O3S. The van der Waals surface area contributed by atoms with Crippen LogP contribution in [0.5, 0.6) is 5.75 Å². The van der Waals surface area contributed by atoms with Crippen LogP contribution in [0.25, 0.3) is 0 Å². The van der Waals surface area contributed by atoms with Gasteiger partial charge >= 0.3 is 0 Å². The predicted molar refractivity (Wildman–Crippen MR) is 104 cm³/mol. The molecule has 1 amide bonds. The van der Waals surface area contributed by atoms with Crippen LogP contribution in [0.1, 0.15) is 11.3 Å². The number of hydrogen-bond acceptors (Lipinski definition) is 6. The van der Waals surface area contributed by atoms with Gasteiger partial charge in [-0.1, -0.05) is 42.1 Å². The number of nitrogens with zero attached hydrogens (tertiary/aromatic N) is 2. The molecule has 0 spiro atoms. The lowest BCUT2D eigenvalue weighted by molar-refractivity contribution is -0.113. The van der Waals surface area contributed by atoms with Crippen molar-refractivity contribution >= 4 is 23.4 Å². The Kier molecular flexibility index (Phi) is 6.22. The first-order chi connectivity index (χ1) is 13.1. The minimum Gasteiger partial charge on any atom is -0.497 e. The van der Waals surface area contributed by atoms with Gasteiger partial charge in [-0.2, -0.15) is 0 Å². The number of methoxy groups -OCH3 is 1. The van der Waals surface area contributed by atoms with Crippen LogP contribution in [0, 0.1) is 0 Å². The van der Waals surface area contributed by atoms with Crippen LogP contribution in [-0.2, 0) is 11.2 Å². The summed E-state index contributed by atoms with van der Waals surface area (Å²) in [4.78, 5) is 26.9.